The maximum Gasteiger partial charge on any atom is 0.352 e. The molecule has 7 heteroatoms. The molecule has 1 amide bonds. The number of carbonyl (C=O) groups excluding carboxylic acids is 1. The zero-order chi connectivity index (χ0) is 15.6. The van der Waals surface area contributed by atoms with Gasteiger partial charge in [-0.15, -0.1) is 0 Å². The van der Waals surface area contributed by atoms with Gasteiger partial charge in [0.25, 0.3) is 5.91 Å². The lowest BCUT2D eigenvalue weighted by molar-refractivity contribution is 0.0690. The van der Waals surface area contributed by atoms with E-state index in [1.165, 1.54) is 0 Å². The van der Waals surface area contributed by atoms with Crippen molar-refractivity contribution in [1.29, 1.82) is 0 Å². The lowest BCUT2D eigenvalue weighted by atomic mass is 10.1. The van der Waals surface area contributed by atoms with Crippen LogP contribution in [0.15, 0.2) is 12.3 Å². The molecule has 0 aliphatic carbocycles. The topological polar surface area (TPSA) is 100 Å². The molecule has 0 saturated heterocycles. The third kappa shape index (κ3) is 3.13. The summed E-state index contributed by atoms with van der Waals surface area (Å²) in [6.07, 6.45) is 2.47. The number of aryl methyl sites for hydroxylation is 2. The minimum Gasteiger partial charge on any atom is -0.477 e. The van der Waals surface area contributed by atoms with Crippen molar-refractivity contribution in [2.45, 2.75) is 20.3 Å². The summed E-state index contributed by atoms with van der Waals surface area (Å²) in [5, 5.41) is 16.1. The molecule has 3 N–H and O–H groups in total. The number of aromatic carboxylic acids is 1. The monoisotopic (exact) mass is 290 g/mol. The van der Waals surface area contributed by atoms with E-state index in [1.807, 2.05) is 19.3 Å². The van der Waals surface area contributed by atoms with Crippen molar-refractivity contribution in [3.05, 3.63) is 40.5 Å². The number of carbonyl (C=O) groups is 2. The number of amides is 1. The van der Waals surface area contributed by atoms with Crippen LogP contribution in [0.2, 0.25) is 0 Å². The summed E-state index contributed by atoms with van der Waals surface area (Å²) in [4.78, 5) is 25.9. The standard InChI is InChI=1S/C14H18N4O3/c1-8-11(9(2)16-12(8)14(20)21)13(19)15-6-4-10-5-7-18(3)17-10/h5,7,16H,4,6H2,1-3H3,(H,15,19)(H,20,21). The number of carboxylic acid groups (broad SMARTS) is 1. The number of carboxylic acids is 1. The van der Waals surface area contributed by atoms with Gasteiger partial charge in [0.05, 0.1) is 11.3 Å². The predicted octanol–water partition coefficient (Wildman–Crippen LogP) is 1.04. The molecule has 2 heterocycles. The van der Waals surface area contributed by atoms with Crippen molar-refractivity contribution in [2.75, 3.05) is 6.54 Å². The molecular formula is C14H18N4O3. The minimum absolute atomic E-state index is 0.0578. The van der Waals surface area contributed by atoms with E-state index in [9.17, 15) is 9.59 Å². The van der Waals surface area contributed by atoms with Gasteiger partial charge in [-0.2, -0.15) is 5.10 Å². The highest BCUT2D eigenvalue weighted by Gasteiger charge is 2.21. The van der Waals surface area contributed by atoms with E-state index in [-0.39, 0.29) is 11.6 Å². The highest BCUT2D eigenvalue weighted by molar-refractivity contribution is 6.00. The van der Waals surface area contributed by atoms with Crippen LogP contribution in [0.1, 0.15) is 37.8 Å². The molecule has 2 rings (SSSR count). The summed E-state index contributed by atoms with van der Waals surface area (Å²) in [6.45, 7) is 3.76. The fraction of sp³-hybridized carbons (Fsp3) is 0.357. The third-order valence-electron chi connectivity index (χ3n) is 3.31. The summed E-state index contributed by atoms with van der Waals surface area (Å²) >= 11 is 0. The second-order valence-corrected chi connectivity index (χ2v) is 4.92. The molecule has 0 spiro atoms. The van der Waals surface area contributed by atoms with Crippen LogP contribution in [0, 0.1) is 13.8 Å². The van der Waals surface area contributed by atoms with Crippen LogP contribution < -0.4 is 5.32 Å². The Balaban J connectivity index is 2.02. The third-order valence-corrected chi connectivity index (χ3v) is 3.31. The molecule has 21 heavy (non-hydrogen) atoms. The Morgan fingerprint density at radius 3 is 2.67 bits per heavy atom. The summed E-state index contributed by atoms with van der Waals surface area (Å²) in [7, 11) is 1.84. The molecule has 0 bridgehead atoms. The Kier molecular flexibility index (Phi) is 4.11. The second kappa shape index (κ2) is 5.82. The molecule has 0 fully saturated rings. The van der Waals surface area contributed by atoms with E-state index in [0.717, 1.165) is 5.69 Å². The largest absolute Gasteiger partial charge is 0.477 e. The summed E-state index contributed by atoms with van der Waals surface area (Å²) in [6, 6.07) is 1.89. The second-order valence-electron chi connectivity index (χ2n) is 4.92. The molecule has 0 atom stereocenters. The van der Waals surface area contributed by atoms with E-state index in [2.05, 4.69) is 15.4 Å². The number of rotatable bonds is 5. The number of aromatic amines is 1. The minimum atomic E-state index is -1.07. The fourth-order valence-corrected chi connectivity index (χ4v) is 2.29. The molecule has 0 aliphatic heterocycles. The number of hydrogen-bond donors (Lipinski definition) is 3. The molecule has 0 aliphatic rings. The lowest BCUT2D eigenvalue weighted by Crippen LogP contribution is -2.26. The summed E-state index contributed by atoms with van der Waals surface area (Å²) < 4.78 is 1.71. The average molecular weight is 290 g/mol. The van der Waals surface area contributed by atoms with Gasteiger partial charge in [0.2, 0.25) is 0 Å². The molecule has 0 radical (unpaired) electrons. The Bertz CT molecular complexity index is 684. The Morgan fingerprint density at radius 2 is 2.14 bits per heavy atom. The first-order valence-electron chi connectivity index (χ1n) is 6.59. The Labute approximate surface area is 122 Å². The van der Waals surface area contributed by atoms with Gasteiger partial charge in [-0.3, -0.25) is 9.48 Å². The van der Waals surface area contributed by atoms with E-state index < -0.39 is 5.97 Å². The zero-order valence-corrected chi connectivity index (χ0v) is 12.2. The number of H-pyrrole nitrogens is 1. The number of aromatic nitrogens is 3. The molecule has 0 aromatic carbocycles. The van der Waals surface area contributed by atoms with Crippen molar-refractivity contribution in [1.82, 2.24) is 20.1 Å². The highest BCUT2D eigenvalue weighted by atomic mass is 16.4. The van der Waals surface area contributed by atoms with Crippen molar-refractivity contribution in [3.8, 4) is 0 Å². The van der Waals surface area contributed by atoms with Gasteiger partial charge < -0.3 is 15.4 Å². The molecule has 7 nitrogen and oxygen atoms in total. The van der Waals surface area contributed by atoms with Crippen LogP contribution in [0.3, 0.4) is 0 Å². The normalized spacial score (nSPS) is 10.6. The molecule has 2 aromatic heterocycles. The number of hydrogen-bond acceptors (Lipinski definition) is 3. The lowest BCUT2D eigenvalue weighted by Gasteiger charge is -2.05. The van der Waals surface area contributed by atoms with Crippen LogP contribution in [0.25, 0.3) is 0 Å². The first-order valence-corrected chi connectivity index (χ1v) is 6.59. The van der Waals surface area contributed by atoms with E-state index >= 15 is 0 Å². The van der Waals surface area contributed by atoms with Crippen LogP contribution in [0.5, 0.6) is 0 Å². The quantitative estimate of drug-likeness (QED) is 0.766. The van der Waals surface area contributed by atoms with Gasteiger partial charge in [0, 0.05) is 31.9 Å². The zero-order valence-electron chi connectivity index (χ0n) is 12.2. The Hall–Kier alpha value is -2.57. The van der Waals surface area contributed by atoms with Gasteiger partial charge in [-0.25, -0.2) is 4.79 Å². The van der Waals surface area contributed by atoms with Gasteiger partial charge in [-0.05, 0) is 25.5 Å². The van der Waals surface area contributed by atoms with Gasteiger partial charge in [-0.1, -0.05) is 0 Å². The molecule has 2 aromatic rings. The first-order chi connectivity index (χ1) is 9.90. The van der Waals surface area contributed by atoms with Crippen LogP contribution in [-0.4, -0.2) is 38.3 Å². The van der Waals surface area contributed by atoms with Crippen LogP contribution in [-0.2, 0) is 13.5 Å². The summed E-state index contributed by atoms with van der Waals surface area (Å²) in [5.74, 6) is -1.34. The number of nitrogens with zero attached hydrogens (tertiary/aromatic N) is 2. The SMILES string of the molecule is Cc1[nH]c(C(=O)O)c(C)c1C(=O)NCCc1ccn(C)n1. The number of nitrogens with one attached hydrogen (secondary N) is 2. The molecular weight excluding hydrogens is 272 g/mol. The smallest absolute Gasteiger partial charge is 0.352 e. The van der Waals surface area contributed by atoms with Crippen molar-refractivity contribution in [2.24, 2.45) is 7.05 Å². The van der Waals surface area contributed by atoms with Gasteiger partial charge in [0.1, 0.15) is 5.69 Å². The molecule has 0 unspecified atom stereocenters. The first kappa shape index (κ1) is 14.8. The van der Waals surface area contributed by atoms with E-state index in [4.69, 9.17) is 5.11 Å². The van der Waals surface area contributed by atoms with Crippen LogP contribution >= 0.6 is 0 Å². The van der Waals surface area contributed by atoms with Crippen molar-refractivity contribution < 1.29 is 14.7 Å². The Morgan fingerprint density at radius 1 is 1.43 bits per heavy atom. The maximum absolute atomic E-state index is 12.2. The van der Waals surface area contributed by atoms with Gasteiger partial charge >= 0.3 is 5.97 Å². The molecule has 112 valence electrons. The average Bonchev–Trinajstić information content (AvgIpc) is 2.93. The van der Waals surface area contributed by atoms with E-state index in [0.29, 0.717) is 29.8 Å². The van der Waals surface area contributed by atoms with E-state index in [1.54, 1.807) is 18.5 Å². The van der Waals surface area contributed by atoms with Crippen molar-refractivity contribution in [3.63, 3.8) is 0 Å². The van der Waals surface area contributed by atoms with Gasteiger partial charge in [0.15, 0.2) is 0 Å². The fourth-order valence-electron chi connectivity index (χ4n) is 2.29. The maximum atomic E-state index is 12.2. The summed E-state index contributed by atoms with van der Waals surface area (Å²) in [5.41, 5.74) is 2.36. The molecule has 0 saturated carbocycles. The van der Waals surface area contributed by atoms with Crippen LogP contribution in [0.4, 0.5) is 0 Å². The highest BCUT2D eigenvalue weighted by Crippen LogP contribution is 2.17. The predicted molar refractivity (Wildman–Crippen MR) is 76.5 cm³/mol. The van der Waals surface area contributed by atoms with Crippen molar-refractivity contribution >= 4 is 11.9 Å².